The van der Waals surface area contributed by atoms with Gasteiger partial charge in [-0.3, -0.25) is 4.79 Å². The van der Waals surface area contributed by atoms with Gasteiger partial charge in [0.2, 0.25) is 5.91 Å². The largest absolute Gasteiger partial charge is 0.383 e. The van der Waals surface area contributed by atoms with Crippen LogP contribution in [0.25, 0.3) is 0 Å². The van der Waals surface area contributed by atoms with E-state index in [1.807, 2.05) is 0 Å². The molecule has 0 radical (unpaired) electrons. The highest BCUT2D eigenvalue weighted by molar-refractivity contribution is 5.80. The molecule has 1 heterocycles. The van der Waals surface area contributed by atoms with Gasteiger partial charge in [-0.05, 0) is 6.42 Å². The second-order valence-corrected chi connectivity index (χ2v) is 3.98. The van der Waals surface area contributed by atoms with E-state index in [1.54, 1.807) is 14.1 Å². The van der Waals surface area contributed by atoms with Gasteiger partial charge in [0.15, 0.2) is 0 Å². The van der Waals surface area contributed by atoms with Gasteiger partial charge in [-0.1, -0.05) is 13.3 Å². The van der Waals surface area contributed by atoms with Crippen LogP contribution in [0.3, 0.4) is 0 Å². The van der Waals surface area contributed by atoms with Crippen LogP contribution in [-0.2, 0) is 11.2 Å². The summed E-state index contributed by atoms with van der Waals surface area (Å²) in [4.78, 5) is 21.1. The summed E-state index contributed by atoms with van der Waals surface area (Å²) in [6.07, 6.45) is 3.15. The Morgan fingerprint density at radius 1 is 1.47 bits per heavy atom. The SMILES string of the molecule is CCCc1c(N)ncnc1NCC(=O)N(C)C. The molecular weight excluding hydrogens is 218 g/mol. The zero-order chi connectivity index (χ0) is 12.8. The molecule has 0 atom stereocenters. The number of rotatable bonds is 5. The van der Waals surface area contributed by atoms with Crippen molar-refractivity contribution in [3.05, 3.63) is 11.9 Å². The molecule has 6 heteroatoms. The maximum atomic E-state index is 11.5. The summed E-state index contributed by atoms with van der Waals surface area (Å²) < 4.78 is 0. The number of nitrogens with zero attached hydrogens (tertiary/aromatic N) is 3. The highest BCUT2D eigenvalue weighted by Crippen LogP contribution is 2.18. The quantitative estimate of drug-likeness (QED) is 0.779. The van der Waals surface area contributed by atoms with Gasteiger partial charge in [0, 0.05) is 19.7 Å². The summed E-state index contributed by atoms with van der Waals surface area (Å²) in [7, 11) is 3.43. The van der Waals surface area contributed by atoms with Crippen molar-refractivity contribution < 1.29 is 4.79 Å². The molecular formula is C11H19N5O. The Kier molecular flexibility index (Phi) is 4.68. The van der Waals surface area contributed by atoms with E-state index in [0.717, 1.165) is 18.4 Å². The first kappa shape index (κ1) is 13.2. The van der Waals surface area contributed by atoms with Crippen LogP contribution in [0.5, 0.6) is 0 Å². The Bertz CT molecular complexity index is 391. The van der Waals surface area contributed by atoms with Crippen LogP contribution in [0.15, 0.2) is 6.33 Å². The average molecular weight is 237 g/mol. The predicted molar refractivity (Wildman–Crippen MR) is 67.6 cm³/mol. The van der Waals surface area contributed by atoms with Crippen LogP contribution in [0.4, 0.5) is 11.6 Å². The fourth-order valence-corrected chi connectivity index (χ4v) is 1.39. The Balaban J connectivity index is 2.76. The van der Waals surface area contributed by atoms with Crippen LogP contribution >= 0.6 is 0 Å². The lowest BCUT2D eigenvalue weighted by atomic mass is 10.1. The molecule has 17 heavy (non-hydrogen) atoms. The Morgan fingerprint density at radius 3 is 2.76 bits per heavy atom. The number of amides is 1. The van der Waals surface area contributed by atoms with Gasteiger partial charge in [0.05, 0.1) is 6.54 Å². The second-order valence-electron chi connectivity index (χ2n) is 3.98. The molecule has 6 nitrogen and oxygen atoms in total. The lowest BCUT2D eigenvalue weighted by Crippen LogP contribution is -2.29. The van der Waals surface area contributed by atoms with Gasteiger partial charge in [-0.2, -0.15) is 0 Å². The lowest BCUT2D eigenvalue weighted by molar-refractivity contribution is -0.126. The molecule has 0 aliphatic rings. The van der Waals surface area contributed by atoms with Crippen LogP contribution in [0.1, 0.15) is 18.9 Å². The number of hydrogen-bond donors (Lipinski definition) is 2. The van der Waals surface area contributed by atoms with E-state index >= 15 is 0 Å². The first-order chi connectivity index (χ1) is 8.06. The van der Waals surface area contributed by atoms with Gasteiger partial charge in [0.25, 0.3) is 0 Å². The monoisotopic (exact) mass is 237 g/mol. The summed E-state index contributed by atoms with van der Waals surface area (Å²) in [6, 6.07) is 0. The fraction of sp³-hybridized carbons (Fsp3) is 0.545. The minimum absolute atomic E-state index is 0.00960. The van der Waals surface area contributed by atoms with E-state index in [2.05, 4.69) is 22.2 Å². The average Bonchev–Trinajstić information content (AvgIpc) is 2.29. The van der Waals surface area contributed by atoms with E-state index in [-0.39, 0.29) is 12.5 Å². The second kappa shape index (κ2) is 6.03. The molecule has 0 aliphatic carbocycles. The predicted octanol–water partition coefficient (Wildman–Crippen LogP) is 0.511. The van der Waals surface area contributed by atoms with Crippen molar-refractivity contribution in [1.82, 2.24) is 14.9 Å². The number of likely N-dealkylation sites (N-methyl/N-ethyl adjacent to an activating group) is 1. The van der Waals surface area contributed by atoms with Gasteiger partial charge in [-0.25, -0.2) is 9.97 Å². The minimum atomic E-state index is -0.00960. The summed E-state index contributed by atoms with van der Waals surface area (Å²) >= 11 is 0. The van der Waals surface area contributed by atoms with Crippen molar-refractivity contribution in [3.8, 4) is 0 Å². The number of nitrogens with one attached hydrogen (secondary N) is 1. The summed E-state index contributed by atoms with van der Waals surface area (Å²) in [6.45, 7) is 2.27. The molecule has 1 aromatic heterocycles. The third-order valence-corrected chi connectivity index (χ3v) is 2.38. The zero-order valence-electron chi connectivity index (χ0n) is 10.5. The number of carbonyl (C=O) groups is 1. The molecule has 94 valence electrons. The lowest BCUT2D eigenvalue weighted by Gasteiger charge is -2.14. The molecule has 0 aliphatic heterocycles. The maximum absolute atomic E-state index is 11.5. The van der Waals surface area contributed by atoms with E-state index < -0.39 is 0 Å². The van der Waals surface area contributed by atoms with Gasteiger partial charge in [-0.15, -0.1) is 0 Å². The van der Waals surface area contributed by atoms with Crippen molar-refractivity contribution in [3.63, 3.8) is 0 Å². The summed E-state index contributed by atoms with van der Waals surface area (Å²) in [5, 5.41) is 3.00. The van der Waals surface area contributed by atoms with Crippen molar-refractivity contribution in [2.24, 2.45) is 0 Å². The molecule has 0 fully saturated rings. The minimum Gasteiger partial charge on any atom is -0.383 e. The summed E-state index contributed by atoms with van der Waals surface area (Å²) in [5.74, 6) is 1.11. The molecule has 1 rings (SSSR count). The summed E-state index contributed by atoms with van der Waals surface area (Å²) in [5.41, 5.74) is 6.66. The van der Waals surface area contributed by atoms with E-state index in [1.165, 1.54) is 11.2 Å². The third-order valence-electron chi connectivity index (χ3n) is 2.38. The molecule has 0 bridgehead atoms. The molecule has 0 saturated heterocycles. The highest BCUT2D eigenvalue weighted by atomic mass is 16.2. The van der Waals surface area contributed by atoms with Crippen molar-refractivity contribution >= 4 is 17.5 Å². The molecule has 0 aromatic carbocycles. The number of nitrogens with two attached hydrogens (primary N) is 1. The zero-order valence-corrected chi connectivity index (χ0v) is 10.5. The molecule has 0 unspecified atom stereocenters. The number of nitrogen functional groups attached to an aromatic ring is 1. The highest BCUT2D eigenvalue weighted by Gasteiger charge is 2.10. The van der Waals surface area contributed by atoms with Crippen LogP contribution < -0.4 is 11.1 Å². The van der Waals surface area contributed by atoms with Crippen molar-refractivity contribution in [2.75, 3.05) is 31.7 Å². The first-order valence-corrected chi connectivity index (χ1v) is 5.59. The Morgan fingerprint density at radius 2 is 2.18 bits per heavy atom. The molecule has 0 saturated carbocycles. The topological polar surface area (TPSA) is 84.1 Å². The maximum Gasteiger partial charge on any atom is 0.241 e. The number of anilines is 2. The van der Waals surface area contributed by atoms with Crippen molar-refractivity contribution in [1.29, 1.82) is 0 Å². The molecule has 0 spiro atoms. The number of aromatic nitrogens is 2. The first-order valence-electron chi connectivity index (χ1n) is 5.59. The van der Waals surface area contributed by atoms with E-state index in [9.17, 15) is 4.79 Å². The standard InChI is InChI=1S/C11H19N5O/c1-4-5-8-10(12)14-7-15-11(8)13-6-9(17)16(2)3/h7H,4-6H2,1-3H3,(H3,12,13,14,15). The van der Waals surface area contributed by atoms with Crippen LogP contribution in [0.2, 0.25) is 0 Å². The molecule has 1 amide bonds. The van der Waals surface area contributed by atoms with Gasteiger partial charge in [0.1, 0.15) is 18.0 Å². The van der Waals surface area contributed by atoms with Crippen LogP contribution in [0, 0.1) is 0 Å². The van der Waals surface area contributed by atoms with E-state index in [0.29, 0.717) is 11.6 Å². The van der Waals surface area contributed by atoms with Crippen molar-refractivity contribution in [2.45, 2.75) is 19.8 Å². The number of carbonyl (C=O) groups excluding carboxylic acids is 1. The van der Waals surface area contributed by atoms with Gasteiger partial charge < -0.3 is 16.0 Å². The third kappa shape index (κ3) is 3.58. The molecule has 3 N–H and O–H groups in total. The van der Waals surface area contributed by atoms with E-state index in [4.69, 9.17) is 5.73 Å². The number of hydrogen-bond acceptors (Lipinski definition) is 5. The van der Waals surface area contributed by atoms with Gasteiger partial charge >= 0.3 is 0 Å². The fourth-order valence-electron chi connectivity index (χ4n) is 1.39. The van der Waals surface area contributed by atoms with Crippen LogP contribution in [-0.4, -0.2) is 41.4 Å². The Labute approximate surface area is 101 Å². The smallest absolute Gasteiger partial charge is 0.241 e. The molecule has 1 aromatic rings. The normalized spacial score (nSPS) is 10.1. The Hall–Kier alpha value is -1.85.